The number of hydrogen-bond donors (Lipinski definition) is 2. The Morgan fingerprint density at radius 2 is 1.90 bits per heavy atom. The minimum absolute atomic E-state index is 0.334. The maximum Gasteiger partial charge on any atom is 0.326 e. The maximum absolute atomic E-state index is 12.3. The Bertz CT molecular complexity index is 511. The van der Waals surface area contributed by atoms with Gasteiger partial charge in [-0.15, -0.1) is 0 Å². The molecular weight excluding hydrogens is 268 g/mol. The molecule has 0 radical (unpaired) electrons. The molecule has 1 saturated heterocycles. The van der Waals surface area contributed by atoms with Gasteiger partial charge in [0.25, 0.3) is 0 Å². The van der Waals surface area contributed by atoms with Gasteiger partial charge in [-0.1, -0.05) is 26.0 Å². The SMILES string of the molecule is CC(C)c1ccc(NC(=O)N2CCCCC2C(=O)O)cc1. The minimum atomic E-state index is -0.931. The average Bonchev–Trinajstić information content (AvgIpc) is 2.47. The summed E-state index contributed by atoms with van der Waals surface area (Å²) in [5.41, 5.74) is 1.90. The lowest BCUT2D eigenvalue weighted by Gasteiger charge is -2.32. The van der Waals surface area contributed by atoms with Crippen molar-refractivity contribution in [2.45, 2.75) is 45.1 Å². The van der Waals surface area contributed by atoms with Crippen LogP contribution >= 0.6 is 0 Å². The molecule has 2 N–H and O–H groups in total. The van der Waals surface area contributed by atoms with Crippen molar-refractivity contribution in [2.24, 2.45) is 0 Å². The number of carbonyl (C=O) groups is 2. The Labute approximate surface area is 125 Å². The third-order valence-electron chi connectivity index (χ3n) is 3.88. The van der Waals surface area contributed by atoms with E-state index in [9.17, 15) is 14.7 Å². The number of hydrogen-bond acceptors (Lipinski definition) is 2. The first kappa shape index (κ1) is 15.4. The number of anilines is 1. The third-order valence-corrected chi connectivity index (χ3v) is 3.88. The predicted molar refractivity (Wildman–Crippen MR) is 81.5 cm³/mol. The second-order valence-corrected chi connectivity index (χ2v) is 5.75. The summed E-state index contributed by atoms with van der Waals surface area (Å²) < 4.78 is 0. The number of nitrogens with one attached hydrogen (secondary N) is 1. The van der Waals surface area contributed by atoms with E-state index in [4.69, 9.17) is 0 Å². The molecule has 2 amide bonds. The zero-order valence-electron chi connectivity index (χ0n) is 12.5. The molecule has 1 aromatic carbocycles. The number of likely N-dealkylation sites (tertiary alicyclic amines) is 1. The predicted octanol–water partition coefficient (Wildman–Crippen LogP) is 3.28. The highest BCUT2D eigenvalue weighted by molar-refractivity contribution is 5.92. The van der Waals surface area contributed by atoms with Gasteiger partial charge in [-0.25, -0.2) is 9.59 Å². The van der Waals surface area contributed by atoms with Crippen molar-refractivity contribution in [2.75, 3.05) is 11.9 Å². The van der Waals surface area contributed by atoms with E-state index in [1.165, 1.54) is 10.5 Å². The fourth-order valence-electron chi connectivity index (χ4n) is 2.58. The molecule has 0 spiro atoms. The first-order valence-electron chi connectivity index (χ1n) is 7.39. The summed E-state index contributed by atoms with van der Waals surface area (Å²) in [6.07, 6.45) is 2.22. The van der Waals surface area contributed by atoms with Crippen molar-refractivity contribution in [3.05, 3.63) is 29.8 Å². The molecule has 2 rings (SSSR count). The van der Waals surface area contributed by atoms with Crippen LogP contribution < -0.4 is 5.32 Å². The fraction of sp³-hybridized carbons (Fsp3) is 0.500. The van der Waals surface area contributed by atoms with E-state index < -0.39 is 12.0 Å². The number of urea groups is 1. The van der Waals surface area contributed by atoms with Crippen LogP contribution in [0.4, 0.5) is 10.5 Å². The highest BCUT2D eigenvalue weighted by atomic mass is 16.4. The van der Waals surface area contributed by atoms with Crippen LogP contribution in [0.3, 0.4) is 0 Å². The van der Waals surface area contributed by atoms with E-state index in [0.29, 0.717) is 24.6 Å². The van der Waals surface area contributed by atoms with Gasteiger partial charge in [-0.05, 0) is 42.9 Å². The number of nitrogens with zero attached hydrogens (tertiary/aromatic N) is 1. The molecule has 1 unspecified atom stereocenters. The van der Waals surface area contributed by atoms with Crippen molar-refractivity contribution in [1.29, 1.82) is 0 Å². The van der Waals surface area contributed by atoms with Gasteiger partial charge in [0.1, 0.15) is 6.04 Å². The van der Waals surface area contributed by atoms with E-state index >= 15 is 0 Å². The molecule has 5 heteroatoms. The molecule has 114 valence electrons. The van der Waals surface area contributed by atoms with Gasteiger partial charge >= 0.3 is 12.0 Å². The molecule has 0 saturated carbocycles. The number of benzene rings is 1. The molecule has 1 atom stereocenters. The molecule has 5 nitrogen and oxygen atoms in total. The lowest BCUT2D eigenvalue weighted by Crippen LogP contribution is -2.49. The molecule has 0 aliphatic carbocycles. The van der Waals surface area contributed by atoms with Crippen LogP contribution in [0.25, 0.3) is 0 Å². The van der Waals surface area contributed by atoms with Crippen molar-refractivity contribution in [3.63, 3.8) is 0 Å². The van der Waals surface area contributed by atoms with Crippen LogP contribution in [-0.2, 0) is 4.79 Å². The standard InChI is InChI=1S/C16H22N2O3/c1-11(2)12-6-8-13(9-7-12)17-16(21)18-10-4-3-5-14(18)15(19)20/h6-9,11,14H,3-5,10H2,1-2H3,(H,17,21)(H,19,20). The second kappa shape index (κ2) is 6.61. The molecule has 1 heterocycles. The lowest BCUT2D eigenvalue weighted by atomic mass is 10.0. The van der Waals surface area contributed by atoms with E-state index in [0.717, 1.165) is 12.8 Å². The van der Waals surface area contributed by atoms with Crippen molar-refractivity contribution >= 4 is 17.7 Å². The maximum atomic E-state index is 12.3. The van der Waals surface area contributed by atoms with Crippen LogP contribution in [-0.4, -0.2) is 34.6 Å². The molecule has 0 bridgehead atoms. The zero-order valence-corrected chi connectivity index (χ0v) is 12.5. The molecule has 1 aromatic rings. The van der Waals surface area contributed by atoms with Gasteiger partial charge < -0.3 is 15.3 Å². The topological polar surface area (TPSA) is 69.6 Å². The van der Waals surface area contributed by atoms with Gasteiger partial charge in [0, 0.05) is 12.2 Å². The molecular formula is C16H22N2O3. The lowest BCUT2D eigenvalue weighted by molar-refractivity contribution is -0.143. The minimum Gasteiger partial charge on any atom is -0.480 e. The Kier molecular flexibility index (Phi) is 4.83. The number of carboxylic acid groups (broad SMARTS) is 1. The number of aliphatic carboxylic acids is 1. The van der Waals surface area contributed by atoms with Crippen LogP contribution in [0.1, 0.15) is 44.6 Å². The summed E-state index contributed by atoms with van der Waals surface area (Å²) in [6, 6.07) is 6.61. The zero-order chi connectivity index (χ0) is 15.4. The summed E-state index contributed by atoms with van der Waals surface area (Å²) >= 11 is 0. The highest BCUT2D eigenvalue weighted by Gasteiger charge is 2.31. The smallest absolute Gasteiger partial charge is 0.326 e. The highest BCUT2D eigenvalue weighted by Crippen LogP contribution is 2.20. The Morgan fingerprint density at radius 3 is 2.48 bits per heavy atom. The quantitative estimate of drug-likeness (QED) is 0.897. The average molecular weight is 290 g/mol. The first-order valence-corrected chi connectivity index (χ1v) is 7.39. The van der Waals surface area contributed by atoms with Crippen LogP contribution in [0, 0.1) is 0 Å². The number of carboxylic acids is 1. The van der Waals surface area contributed by atoms with Gasteiger partial charge in [-0.3, -0.25) is 0 Å². The van der Waals surface area contributed by atoms with Crippen molar-refractivity contribution < 1.29 is 14.7 Å². The largest absolute Gasteiger partial charge is 0.480 e. The summed E-state index contributed by atoms with van der Waals surface area (Å²) in [5, 5.41) is 12.0. The number of amides is 2. The van der Waals surface area contributed by atoms with E-state index in [1.807, 2.05) is 24.3 Å². The Hall–Kier alpha value is -2.04. The monoisotopic (exact) mass is 290 g/mol. The molecule has 1 aliphatic rings. The van der Waals surface area contributed by atoms with E-state index in [-0.39, 0.29) is 6.03 Å². The van der Waals surface area contributed by atoms with E-state index in [1.54, 1.807) is 0 Å². The second-order valence-electron chi connectivity index (χ2n) is 5.75. The summed E-state index contributed by atoms with van der Waals surface area (Å²) in [5.74, 6) is -0.492. The van der Waals surface area contributed by atoms with Gasteiger partial charge in [-0.2, -0.15) is 0 Å². The van der Waals surface area contributed by atoms with Gasteiger partial charge in [0.2, 0.25) is 0 Å². The molecule has 1 aliphatic heterocycles. The number of piperidine rings is 1. The Morgan fingerprint density at radius 1 is 1.24 bits per heavy atom. The van der Waals surface area contributed by atoms with Gasteiger partial charge in [0.05, 0.1) is 0 Å². The van der Waals surface area contributed by atoms with Crippen molar-refractivity contribution in [3.8, 4) is 0 Å². The summed E-state index contributed by atoms with van der Waals surface area (Å²) in [7, 11) is 0. The summed E-state index contributed by atoms with van der Waals surface area (Å²) in [4.78, 5) is 24.9. The van der Waals surface area contributed by atoms with Crippen LogP contribution in [0.5, 0.6) is 0 Å². The molecule has 1 fully saturated rings. The first-order chi connectivity index (χ1) is 9.99. The normalized spacial score (nSPS) is 18.6. The van der Waals surface area contributed by atoms with Gasteiger partial charge in [0.15, 0.2) is 0 Å². The van der Waals surface area contributed by atoms with Crippen molar-refractivity contribution in [1.82, 2.24) is 4.90 Å². The fourth-order valence-corrected chi connectivity index (χ4v) is 2.58. The summed E-state index contributed by atoms with van der Waals surface area (Å²) in [6.45, 7) is 4.71. The number of rotatable bonds is 3. The third kappa shape index (κ3) is 3.74. The Balaban J connectivity index is 2.04. The molecule has 21 heavy (non-hydrogen) atoms. The van der Waals surface area contributed by atoms with E-state index in [2.05, 4.69) is 19.2 Å². The van der Waals surface area contributed by atoms with Crippen LogP contribution in [0.15, 0.2) is 24.3 Å². The number of carbonyl (C=O) groups excluding carboxylic acids is 1. The molecule has 0 aromatic heterocycles. The van der Waals surface area contributed by atoms with Crippen LogP contribution in [0.2, 0.25) is 0 Å².